The van der Waals surface area contributed by atoms with E-state index in [0.717, 1.165) is 16.7 Å². The zero-order valence-corrected chi connectivity index (χ0v) is 17.8. The molecule has 3 aromatic carbocycles. The summed E-state index contributed by atoms with van der Waals surface area (Å²) in [4.78, 5) is 26.2. The predicted molar refractivity (Wildman–Crippen MR) is 124 cm³/mol. The normalized spacial score (nSPS) is 10.4. The average Bonchev–Trinajstić information content (AvgIpc) is 2.82. The van der Waals surface area contributed by atoms with Crippen molar-refractivity contribution in [1.82, 2.24) is 5.32 Å². The molecule has 0 heterocycles. The summed E-state index contributed by atoms with van der Waals surface area (Å²) in [5.74, 6) is -0.0635. The largest absolute Gasteiger partial charge is 0.376 e. The Morgan fingerprint density at radius 1 is 0.935 bits per heavy atom. The average molecular weight is 418 g/mol. The minimum atomic E-state index is -0.322. The van der Waals surface area contributed by atoms with E-state index in [9.17, 15) is 9.59 Å². The molecule has 6 nitrogen and oxygen atoms in total. The summed E-state index contributed by atoms with van der Waals surface area (Å²) in [5.41, 5.74) is 4.25. The summed E-state index contributed by atoms with van der Waals surface area (Å²) in [7, 11) is 3.28. The van der Waals surface area contributed by atoms with E-state index in [1.165, 1.54) is 0 Å². The SMILES string of the molecule is CNC(=O)Nc1cc(N(C)C(=O)CCOCc2ccccc2)ccc1-c1ccccc1. The monoisotopic (exact) mass is 417 g/mol. The van der Waals surface area contributed by atoms with E-state index in [2.05, 4.69) is 10.6 Å². The van der Waals surface area contributed by atoms with Gasteiger partial charge in [-0.3, -0.25) is 4.79 Å². The predicted octanol–water partition coefficient (Wildman–Crippen LogP) is 4.67. The van der Waals surface area contributed by atoms with Gasteiger partial charge in [-0.25, -0.2) is 4.79 Å². The van der Waals surface area contributed by atoms with Crippen LogP contribution in [0.2, 0.25) is 0 Å². The highest BCUT2D eigenvalue weighted by Gasteiger charge is 2.15. The highest BCUT2D eigenvalue weighted by atomic mass is 16.5. The molecule has 0 saturated carbocycles. The summed E-state index contributed by atoms with van der Waals surface area (Å²) in [6.45, 7) is 0.813. The first kappa shape index (κ1) is 22.1. The Bertz CT molecular complexity index is 1010. The van der Waals surface area contributed by atoms with E-state index in [-0.39, 0.29) is 18.4 Å². The molecule has 0 bridgehead atoms. The Kier molecular flexibility index (Phi) is 7.79. The molecule has 3 amide bonds. The molecule has 0 aliphatic rings. The molecule has 3 rings (SSSR count). The summed E-state index contributed by atoms with van der Waals surface area (Å²) in [6, 6.07) is 24.9. The zero-order valence-electron chi connectivity index (χ0n) is 17.8. The van der Waals surface area contributed by atoms with Crippen molar-refractivity contribution in [2.75, 3.05) is 30.9 Å². The maximum absolute atomic E-state index is 12.6. The minimum Gasteiger partial charge on any atom is -0.376 e. The standard InChI is InChI=1S/C25H27N3O3/c1-26-25(30)27-23-17-21(13-14-22(23)20-11-7-4-8-12-20)28(2)24(29)15-16-31-18-19-9-5-3-6-10-19/h3-14,17H,15-16,18H2,1-2H3,(H2,26,27,30). The van der Waals surface area contributed by atoms with E-state index < -0.39 is 0 Å². The number of ether oxygens (including phenoxy) is 1. The maximum Gasteiger partial charge on any atom is 0.318 e. The highest BCUT2D eigenvalue weighted by molar-refractivity contribution is 5.98. The van der Waals surface area contributed by atoms with Gasteiger partial charge in [0, 0.05) is 25.3 Å². The van der Waals surface area contributed by atoms with Crippen molar-refractivity contribution in [3.8, 4) is 11.1 Å². The van der Waals surface area contributed by atoms with Crippen LogP contribution in [0.3, 0.4) is 0 Å². The highest BCUT2D eigenvalue weighted by Crippen LogP contribution is 2.32. The van der Waals surface area contributed by atoms with Crippen molar-refractivity contribution in [3.63, 3.8) is 0 Å². The zero-order chi connectivity index (χ0) is 22.1. The molecular weight excluding hydrogens is 390 g/mol. The Balaban J connectivity index is 1.68. The minimum absolute atomic E-state index is 0.0635. The van der Waals surface area contributed by atoms with Crippen LogP contribution in [-0.2, 0) is 16.1 Å². The van der Waals surface area contributed by atoms with Gasteiger partial charge in [0.2, 0.25) is 5.91 Å². The van der Waals surface area contributed by atoms with Gasteiger partial charge in [-0.1, -0.05) is 66.7 Å². The molecule has 160 valence electrons. The van der Waals surface area contributed by atoms with E-state index in [1.54, 1.807) is 25.1 Å². The van der Waals surface area contributed by atoms with Gasteiger partial charge in [0.1, 0.15) is 0 Å². The van der Waals surface area contributed by atoms with Gasteiger partial charge >= 0.3 is 6.03 Å². The first-order chi connectivity index (χ1) is 15.1. The molecule has 0 saturated heterocycles. The number of amides is 3. The van der Waals surface area contributed by atoms with Crippen molar-refractivity contribution < 1.29 is 14.3 Å². The third-order valence-corrected chi connectivity index (χ3v) is 4.90. The van der Waals surface area contributed by atoms with Gasteiger partial charge in [-0.05, 0) is 23.3 Å². The Labute approximate surface area is 182 Å². The Hall–Kier alpha value is -3.64. The molecule has 2 N–H and O–H groups in total. The van der Waals surface area contributed by atoms with Crippen LogP contribution in [0.15, 0.2) is 78.9 Å². The van der Waals surface area contributed by atoms with Crippen LogP contribution < -0.4 is 15.5 Å². The summed E-state index contributed by atoms with van der Waals surface area (Å²) in [6.07, 6.45) is 0.266. The number of rotatable bonds is 8. The van der Waals surface area contributed by atoms with Crippen LogP contribution in [-0.4, -0.2) is 32.6 Å². The second-order valence-electron chi connectivity index (χ2n) is 7.04. The van der Waals surface area contributed by atoms with Crippen molar-refractivity contribution in [3.05, 3.63) is 84.4 Å². The second kappa shape index (κ2) is 10.9. The fourth-order valence-electron chi connectivity index (χ4n) is 3.13. The van der Waals surface area contributed by atoms with Crippen molar-refractivity contribution in [1.29, 1.82) is 0 Å². The molecule has 31 heavy (non-hydrogen) atoms. The van der Waals surface area contributed by atoms with E-state index >= 15 is 0 Å². The molecule has 0 aliphatic carbocycles. The quantitative estimate of drug-likeness (QED) is 0.523. The molecular formula is C25H27N3O3. The molecule has 0 aliphatic heterocycles. The van der Waals surface area contributed by atoms with Crippen LogP contribution in [0.4, 0.5) is 16.2 Å². The first-order valence-electron chi connectivity index (χ1n) is 10.1. The fourth-order valence-corrected chi connectivity index (χ4v) is 3.13. The van der Waals surface area contributed by atoms with Gasteiger partial charge in [0.15, 0.2) is 0 Å². The van der Waals surface area contributed by atoms with Gasteiger partial charge in [0.05, 0.1) is 25.3 Å². The second-order valence-corrected chi connectivity index (χ2v) is 7.04. The molecule has 0 fully saturated rings. The number of nitrogens with zero attached hydrogens (tertiary/aromatic N) is 1. The van der Waals surface area contributed by atoms with Crippen molar-refractivity contribution in [2.45, 2.75) is 13.0 Å². The summed E-state index contributed by atoms with van der Waals surface area (Å²) < 4.78 is 5.63. The molecule has 0 radical (unpaired) electrons. The van der Waals surface area contributed by atoms with Crippen LogP contribution >= 0.6 is 0 Å². The molecule has 0 unspecified atom stereocenters. The van der Waals surface area contributed by atoms with E-state index in [0.29, 0.717) is 24.6 Å². The third-order valence-electron chi connectivity index (χ3n) is 4.90. The number of carbonyl (C=O) groups excluding carboxylic acids is 2. The summed E-state index contributed by atoms with van der Waals surface area (Å²) >= 11 is 0. The fraction of sp³-hybridized carbons (Fsp3) is 0.200. The smallest absolute Gasteiger partial charge is 0.318 e. The number of hydrogen-bond acceptors (Lipinski definition) is 3. The number of benzene rings is 3. The van der Waals surface area contributed by atoms with Crippen LogP contribution in [0.5, 0.6) is 0 Å². The number of hydrogen-bond donors (Lipinski definition) is 2. The third kappa shape index (κ3) is 6.17. The van der Waals surface area contributed by atoms with Crippen LogP contribution in [0, 0.1) is 0 Å². The molecule has 0 aromatic heterocycles. The Morgan fingerprint density at radius 3 is 2.29 bits per heavy atom. The molecule has 3 aromatic rings. The van der Waals surface area contributed by atoms with Crippen LogP contribution in [0.1, 0.15) is 12.0 Å². The molecule has 0 atom stereocenters. The van der Waals surface area contributed by atoms with Crippen LogP contribution in [0.25, 0.3) is 11.1 Å². The molecule has 6 heteroatoms. The number of carbonyl (C=O) groups is 2. The number of nitrogens with one attached hydrogen (secondary N) is 2. The number of anilines is 2. The maximum atomic E-state index is 12.6. The van der Waals surface area contributed by atoms with Gasteiger partial charge in [-0.15, -0.1) is 0 Å². The van der Waals surface area contributed by atoms with Gasteiger partial charge in [-0.2, -0.15) is 0 Å². The topological polar surface area (TPSA) is 70.7 Å². The lowest BCUT2D eigenvalue weighted by atomic mass is 10.0. The number of urea groups is 1. The van der Waals surface area contributed by atoms with Gasteiger partial charge in [0.25, 0.3) is 0 Å². The van der Waals surface area contributed by atoms with Crippen molar-refractivity contribution >= 4 is 23.3 Å². The lowest BCUT2D eigenvalue weighted by Crippen LogP contribution is -2.28. The summed E-state index contributed by atoms with van der Waals surface area (Å²) in [5, 5.41) is 5.41. The Morgan fingerprint density at radius 2 is 1.61 bits per heavy atom. The lowest BCUT2D eigenvalue weighted by molar-refractivity contribution is -0.119. The lowest BCUT2D eigenvalue weighted by Gasteiger charge is -2.20. The molecule has 0 spiro atoms. The van der Waals surface area contributed by atoms with E-state index in [4.69, 9.17) is 4.74 Å². The first-order valence-corrected chi connectivity index (χ1v) is 10.1. The van der Waals surface area contributed by atoms with Crippen molar-refractivity contribution in [2.24, 2.45) is 0 Å². The van der Waals surface area contributed by atoms with Gasteiger partial charge < -0.3 is 20.3 Å². The van der Waals surface area contributed by atoms with E-state index in [1.807, 2.05) is 72.8 Å².